The van der Waals surface area contributed by atoms with E-state index >= 15 is 0 Å². The van der Waals surface area contributed by atoms with Crippen LogP contribution in [0.5, 0.6) is 0 Å². The van der Waals surface area contributed by atoms with Crippen LogP contribution >= 0.6 is 24.0 Å². The summed E-state index contributed by atoms with van der Waals surface area (Å²) in [7, 11) is 1.93. The number of ether oxygens (including phenoxy) is 1. The monoisotopic (exact) mass is 420 g/mol. The molecule has 8 heteroatoms. The molecule has 6 nitrogen and oxygen atoms in total. The molecule has 28 heavy (non-hydrogen) atoms. The average Bonchev–Trinajstić information content (AvgIpc) is 3.08. The topological polar surface area (TPSA) is 59.4 Å². The number of hydrogen-bond donors (Lipinski definition) is 1. The summed E-state index contributed by atoms with van der Waals surface area (Å²) >= 11 is 6.41. The fourth-order valence-corrected chi connectivity index (χ4v) is 3.55. The zero-order valence-corrected chi connectivity index (χ0v) is 17.3. The van der Waals surface area contributed by atoms with Crippen LogP contribution in [-0.4, -0.2) is 46.7 Å². The third kappa shape index (κ3) is 3.68. The molecule has 0 radical (unpaired) electrons. The minimum atomic E-state index is -0.0160. The van der Waals surface area contributed by atoms with Gasteiger partial charge in [-0.1, -0.05) is 23.7 Å². The summed E-state index contributed by atoms with van der Waals surface area (Å²) in [5, 5.41) is 4.86. The number of aromatic nitrogens is 2. The lowest BCUT2D eigenvalue weighted by atomic mass is 10.1. The van der Waals surface area contributed by atoms with Crippen LogP contribution in [0.25, 0.3) is 10.9 Å². The van der Waals surface area contributed by atoms with Gasteiger partial charge >= 0.3 is 0 Å². The van der Waals surface area contributed by atoms with Gasteiger partial charge in [0.1, 0.15) is 5.82 Å². The number of halogens is 2. The number of carbonyl (C=O) groups excluding carboxylic acids is 1. The van der Waals surface area contributed by atoms with Crippen LogP contribution in [0.3, 0.4) is 0 Å². The van der Waals surface area contributed by atoms with Gasteiger partial charge in [-0.05, 0) is 24.6 Å². The zero-order valence-electron chi connectivity index (χ0n) is 15.7. The van der Waals surface area contributed by atoms with E-state index in [0.29, 0.717) is 42.7 Å². The van der Waals surface area contributed by atoms with Crippen LogP contribution in [-0.2, 0) is 11.8 Å². The van der Waals surface area contributed by atoms with Gasteiger partial charge in [0.05, 0.1) is 35.0 Å². The molecular weight excluding hydrogens is 399 g/mol. The Labute approximate surface area is 174 Å². The van der Waals surface area contributed by atoms with Crippen molar-refractivity contribution in [2.24, 2.45) is 7.05 Å². The summed E-state index contributed by atoms with van der Waals surface area (Å²) in [6.45, 7) is 4.30. The van der Waals surface area contributed by atoms with Crippen LogP contribution < -0.4 is 5.32 Å². The minimum absolute atomic E-state index is 0. The van der Waals surface area contributed by atoms with E-state index < -0.39 is 0 Å². The first-order valence-electron chi connectivity index (χ1n) is 8.89. The normalized spacial score (nSPS) is 14.0. The molecule has 4 rings (SSSR count). The number of morpholine rings is 1. The molecule has 2 aromatic heterocycles. The Morgan fingerprint density at radius 1 is 1.25 bits per heavy atom. The quantitative estimate of drug-likeness (QED) is 0.690. The van der Waals surface area contributed by atoms with Crippen LogP contribution in [0.2, 0.25) is 5.02 Å². The Kier molecular flexibility index (Phi) is 6.13. The third-order valence-electron chi connectivity index (χ3n) is 4.88. The van der Waals surface area contributed by atoms with E-state index in [4.69, 9.17) is 16.3 Å². The first-order valence-corrected chi connectivity index (χ1v) is 9.27. The first-order chi connectivity index (χ1) is 13.1. The van der Waals surface area contributed by atoms with Gasteiger partial charge in [0.25, 0.3) is 5.91 Å². The van der Waals surface area contributed by atoms with Gasteiger partial charge < -0.3 is 19.5 Å². The highest BCUT2D eigenvalue weighted by molar-refractivity contribution is 6.34. The smallest absolute Gasteiger partial charge is 0.257 e. The Morgan fingerprint density at radius 2 is 2.00 bits per heavy atom. The molecule has 1 N–H and O–H groups in total. The van der Waals surface area contributed by atoms with E-state index in [1.807, 2.05) is 53.9 Å². The van der Waals surface area contributed by atoms with Crippen molar-refractivity contribution in [2.75, 3.05) is 31.6 Å². The maximum atomic E-state index is 13.0. The minimum Gasteiger partial charge on any atom is -0.378 e. The summed E-state index contributed by atoms with van der Waals surface area (Å²) < 4.78 is 7.30. The summed E-state index contributed by atoms with van der Waals surface area (Å²) in [6, 6.07) is 7.79. The number of nitrogens with zero attached hydrogens (tertiary/aromatic N) is 3. The van der Waals surface area contributed by atoms with Crippen molar-refractivity contribution in [3.8, 4) is 0 Å². The SMILES string of the molecule is Cc1cccc(Nc2ncc(C(=O)N3CCOCC3)c3c2ccn3C)c1Cl.Cl. The van der Waals surface area contributed by atoms with Gasteiger partial charge in [0, 0.05) is 37.9 Å². The van der Waals surface area contributed by atoms with Crippen molar-refractivity contribution >= 4 is 52.3 Å². The van der Waals surface area contributed by atoms with Gasteiger partial charge in [-0.25, -0.2) is 4.98 Å². The van der Waals surface area contributed by atoms with Crippen molar-refractivity contribution < 1.29 is 9.53 Å². The first kappa shape index (κ1) is 20.5. The summed E-state index contributed by atoms with van der Waals surface area (Å²) in [4.78, 5) is 19.4. The van der Waals surface area contributed by atoms with E-state index in [-0.39, 0.29) is 18.3 Å². The fourth-order valence-electron chi connectivity index (χ4n) is 3.38. The number of pyridine rings is 1. The number of anilines is 2. The Balaban J connectivity index is 0.00000225. The number of carbonyl (C=O) groups is 1. The van der Waals surface area contributed by atoms with Gasteiger partial charge in [0.15, 0.2) is 0 Å². The number of aryl methyl sites for hydroxylation is 2. The summed E-state index contributed by atoms with van der Waals surface area (Å²) in [5.74, 6) is 0.661. The molecule has 0 bridgehead atoms. The lowest BCUT2D eigenvalue weighted by Crippen LogP contribution is -2.40. The highest BCUT2D eigenvalue weighted by Crippen LogP contribution is 2.32. The maximum absolute atomic E-state index is 13.0. The number of benzene rings is 1. The molecule has 1 amide bonds. The van der Waals surface area contributed by atoms with Crippen molar-refractivity contribution in [1.29, 1.82) is 0 Å². The lowest BCUT2D eigenvalue weighted by molar-refractivity contribution is 0.0303. The summed E-state index contributed by atoms with van der Waals surface area (Å²) in [6.07, 6.45) is 3.58. The molecule has 0 aliphatic carbocycles. The predicted octanol–water partition coefficient (Wildman–Crippen LogP) is 4.17. The highest BCUT2D eigenvalue weighted by Gasteiger charge is 2.23. The molecule has 1 saturated heterocycles. The summed E-state index contributed by atoms with van der Waals surface area (Å²) in [5.41, 5.74) is 3.24. The molecule has 3 heterocycles. The number of amides is 1. The molecular formula is C20H22Cl2N4O2. The number of hydrogen-bond acceptors (Lipinski definition) is 4. The Hall–Kier alpha value is -2.28. The van der Waals surface area contributed by atoms with Crippen molar-refractivity contribution in [2.45, 2.75) is 6.92 Å². The lowest BCUT2D eigenvalue weighted by Gasteiger charge is -2.27. The molecule has 1 aliphatic rings. The molecule has 0 atom stereocenters. The molecule has 1 aromatic carbocycles. The van der Waals surface area contributed by atoms with Gasteiger partial charge in [0.2, 0.25) is 0 Å². The largest absolute Gasteiger partial charge is 0.378 e. The zero-order chi connectivity index (χ0) is 19.0. The second-order valence-electron chi connectivity index (χ2n) is 6.68. The second kappa shape index (κ2) is 8.39. The highest BCUT2D eigenvalue weighted by atomic mass is 35.5. The van der Waals surface area contributed by atoms with E-state index in [1.54, 1.807) is 6.20 Å². The van der Waals surface area contributed by atoms with Crippen molar-refractivity contribution in [1.82, 2.24) is 14.5 Å². The number of fused-ring (bicyclic) bond motifs is 1. The number of nitrogens with one attached hydrogen (secondary N) is 1. The molecule has 3 aromatic rings. The van der Waals surface area contributed by atoms with Crippen LogP contribution in [0.4, 0.5) is 11.5 Å². The molecule has 0 unspecified atom stereocenters. The van der Waals surface area contributed by atoms with Gasteiger partial charge in [-0.15, -0.1) is 12.4 Å². The Morgan fingerprint density at radius 3 is 2.75 bits per heavy atom. The van der Waals surface area contributed by atoms with E-state index in [2.05, 4.69) is 10.3 Å². The molecule has 148 valence electrons. The van der Waals surface area contributed by atoms with Crippen molar-refractivity contribution in [3.63, 3.8) is 0 Å². The van der Waals surface area contributed by atoms with Crippen LogP contribution in [0.1, 0.15) is 15.9 Å². The number of rotatable bonds is 3. The average molecular weight is 421 g/mol. The Bertz CT molecular complexity index is 1010. The van der Waals surface area contributed by atoms with Crippen LogP contribution in [0, 0.1) is 6.92 Å². The molecule has 0 spiro atoms. The van der Waals surface area contributed by atoms with Crippen molar-refractivity contribution in [3.05, 3.63) is 52.8 Å². The fraction of sp³-hybridized carbons (Fsp3) is 0.300. The van der Waals surface area contributed by atoms with Crippen LogP contribution in [0.15, 0.2) is 36.7 Å². The maximum Gasteiger partial charge on any atom is 0.257 e. The van der Waals surface area contributed by atoms with E-state index in [1.165, 1.54) is 0 Å². The second-order valence-corrected chi connectivity index (χ2v) is 7.05. The van der Waals surface area contributed by atoms with Gasteiger partial charge in [-0.3, -0.25) is 4.79 Å². The molecule has 1 fully saturated rings. The predicted molar refractivity (Wildman–Crippen MR) is 114 cm³/mol. The molecule has 0 saturated carbocycles. The van der Waals surface area contributed by atoms with Gasteiger partial charge in [-0.2, -0.15) is 0 Å². The molecule has 1 aliphatic heterocycles. The standard InChI is InChI=1S/C20H21ClN4O2.ClH/c1-13-4-3-5-16(17(13)21)23-19-14-6-7-24(2)18(14)15(12-22-19)20(26)25-8-10-27-11-9-25;/h3-7,12H,8-11H2,1-2H3,(H,22,23);1H. The third-order valence-corrected chi connectivity index (χ3v) is 5.38. The van der Waals surface area contributed by atoms with E-state index in [0.717, 1.165) is 22.2 Å². The van der Waals surface area contributed by atoms with E-state index in [9.17, 15) is 4.79 Å².